The molecular formula is C26H15BrOS. The van der Waals surface area contributed by atoms with Gasteiger partial charge < -0.3 is 4.42 Å². The smallest absolute Gasteiger partial charge is 0.143 e. The highest BCUT2D eigenvalue weighted by Gasteiger charge is 2.18. The number of fused-ring (bicyclic) bond motifs is 4. The zero-order valence-electron chi connectivity index (χ0n) is 15.4. The summed E-state index contributed by atoms with van der Waals surface area (Å²) in [5, 5.41) is 3.63. The molecule has 6 aromatic rings. The van der Waals surface area contributed by atoms with Crippen molar-refractivity contribution in [2.45, 2.75) is 0 Å². The Hall–Kier alpha value is -2.88. The van der Waals surface area contributed by atoms with Gasteiger partial charge in [-0.15, -0.1) is 11.3 Å². The van der Waals surface area contributed by atoms with Crippen LogP contribution in [0.15, 0.2) is 99.9 Å². The normalized spacial score (nSPS) is 11.6. The summed E-state index contributed by atoms with van der Waals surface area (Å²) in [7, 11) is 0. The third-order valence-corrected chi connectivity index (χ3v) is 7.05. The Balaban J connectivity index is 1.70. The maximum absolute atomic E-state index is 6.40. The van der Waals surface area contributed by atoms with E-state index in [1.54, 1.807) is 0 Å². The van der Waals surface area contributed by atoms with Gasteiger partial charge in [-0.25, -0.2) is 0 Å². The van der Waals surface area contributed by atoms with Crippen molar-refractivity contribution in [3.8, 4) is 21.6 Å². The molecular weight excluding hydrogens is 440 g/mol. The second-order valence-electron chi connectivity index (χ2n) is 7.12. The minimum atomic E-state index is 0.925. The molecule has 0 aliphatic carbocycles. The van der Waals surface area contributed by atoms with Crippen molar-refractivity contribution in [3.05, 3.63) is 95.5 Å². The standard InChI is InChI=1S/C26H15BrOS/c27-18-11-9-16(10-12-18)19-13-14-21(24-15-17-5-1-4-8-23(17)29-24)25-20-6-2-3-7-22(20)28-26(19)25/h1-15H. The van der Waals surface area contributed by atoms with Crippen LogP contribution in [0, 0.1) is 0 Å². The van der Waals surface area contributed by atoms with Crippen LogP contribution in [0.5, 0.6) is 0 Å². The molecule has 29 heavy (non-hydrogen) atoms. The molecule has 0 bridgehead atoms. The Morgan fingerprint density at radius 1 is 0.724 bits per heavy atom. The lowest BCUT2D eigenvalue weighted by Crippen LogP contribution is -1.82. The van der Waals surface area contributed by atoms with Gasteiger partial charge in [0, 0.05) is 35.9 Å². The summed E-state index contributed by atoms with van der Waals surface area (Å²) >= 11 is 5.37. The zero-order valence-corrected chi connectivity index (χ0v) is 17.8. The molecule has 0 radical (unpaired) electrons. The third-order valence-electron chi connectivity index (χ3n) is 5.37. The van der Waals surface area contributed by atoms with E-state index in [4.69, 9.17) is 4.42 Å². The van der Waals surface area contributed by atoms with Crippen molar-refractivity contribution in [1.82, 2.24) is 0 Å². The van der Waals surface area contributed by atoms with Gasteiger partial charge in [0.15, 0.2) is 0 Å². The van der Waals surface area contributed by atoms with Gasteiger partial charge in [-0.1, -0.05) is 70.5 Å². The van der Waals surface area contributed by atoms with E-state index >= 15 is 0 Å². The molecule has 0 saturated carbocycles. The molecule has 4 aromatic carbocycles. The van der Waals surface area contributed by atoms with Crippen molar-refractivity contribution in [1.29, 1.82) is 0 Å². The second kappa shape index (κ2) is 6.58. The number of hydrogen-bond donors (Lipinski definition) is 0. The number of benzene rings is 4. The summed E-state index contributed by atoms with van der Waals surface area (Å²) in [6.07, 6.45) is 0. The SMILES string of the molecule is Brc1ccc(-c2ccc(-c3cc4ccccc4s3)c3c2oc2ccccc23)cc1. The number of hydrogen-bond acceptors (Lipinski definition) is 2. The van der Waals surface area contributed by atoms with E-state index in [9.17, 15) is 0 Å². The van der Waals surface area contributed by atoms with E-state index in [0.717, 1.165) is 32.2 Å². The van der Waals surface area contributed by atoms with Gasteiger partial charge in [0.1, 0.15) is 11.2 Å². The van der Waals surface area contributed by atoms with Crippen molar-refractivity contribution in [2.24, 2.45) is 0 Å². The Morgan fingerprint density at radius 3 is 2.34 bits per heavy atom. The number of furan rings is 1. The second-order valence-corrected chi connectivity index (χ2v) is 9.12. The van der Waals surface area contributed by atoms with Crippen LogP contribution in [0.4, 0.5) is 0 Å². The van der Waals surface area contributed by atoms with E-state index in [1.165, 1.54) is 25.9 Å². The summed E-state index contributed by atoms with van der Waals surface area (Å²) < 4.78 is 8.78. The van der Waals surface area contributed by atoms with Crippen LogP contribution >= 0.6 is 27.3 Å². The highest BCUT2D eigenvalue weighted by molar-refractivity contribution is 9.10. The molecule has 0 spiro atoms. The van der Waals surface area contributed by atoms with Crippen molar-refractivity contribution < 1.29 is 4.42 Å². The molecule has 138 valence electrons. The van der Waals surface area contributed by atoms with Crippen LogP contribution in [0.3, 0.4) is 0 Å². The Morgan fingerprint density at radius 2 is 1.48 bits per heavy atom. The lowest BCUT2D eigenvalue weighted by molar-refractivity contribution is 0.670. The molecule has 0 aliphatic rings. The first-order chi connectivity index (χ1) is 14.3. The molecule has 3 heteroatoms. The quantitative estimate of drug-likeness (QED) is 0.254. The molecule has 0 amide bonds. The number of para-hydroxylation sites is 1. The minimum Gasteiger partial charge on any atom is -0.455 e. The lowest BCUT2D eigenvalue weighted by Gasteiger charge is -2.07. The van der Waals surface area contributed by atoms with Gasteiger partial charge in [0.05, 0.1) is 0 Å². The zero-order chi connectivity index (χ0) is 19.4. The maximum atomic E-state index is 6.40. The average Bonchev–Trinajstić information content (AvgIpc) is 3.35. The fourth-order valence-electron chi connectivity index (χ4n) is 4.00. The summed E-state index contributed by atoms with van der Waals surface area (Å²) in [5.74, 6) is 0. The van der Waals surface area contributed by atoms with E-state index < -0.39 is 0 Å². The van der Waals surface area contributed by atoms with Crippen molar-refractivity contribution in [3.63, 3.8) is 0 Å². The average molecular weight is 455 g/mol. The highest BCUT2D eigenvalue weighted by atomic mass is 79.9. The fourth-order valence-corrected chi connectivity index (χ4v) is 5.36. The molecule has 1 nitrogen and oxygen atoms in total. The van der Waals surface area contributed by atoms with Gasteiger partial charge in [0.25, 0.3) is 0 Å². The first-order valence-electron chi connectivity index (χ1n) is 9.47. The largest absolute Gasteiger partial charge is 0.455 e. The predicted octanol–water partition coefficient (Wildman–Crippen LogP) is 8.90. The topological polar surface area (TPSA) is 13.1 Å². The lowest BCUT2D eigenvalue weighted by atomic mass is 9.97. The monoisotopic (exact) mass is 454 g/mol. The van der Waals surface area contributed by atoms with Gasteiger partial charge >= 0.3 is 0 Å². The highest BCUT2D eigenvalue weighted by Crippen LogP contribution is 2.44. The molecule has 6 rings (SSSR count). The molecule has 0 fully saturated rings. The molecule has 0 unspecified atom stereocenters. The number of thiophene rings is 1. The van der Waals surface area contributed by atoms with E-state index in [1.807, 2.05) is 17.4 Å². The van der Waals surface area contributed by atoms with E-state index in [0.29, 0.717) is 0 Å². The van der Waals surface area contributed by atoms with Crippen LogP contribution in [0.2, 0.25) is 0 Å². The van der Waals surface area contributed by atoms with E-state index in [-0.39, 0.29) is 0 Å². The van der Waals surface area contributed by atoms with Crippen LogP contribution < -0.4 is 0 Å². The molecule has 0 aliphatic heterocycles. The van der Waals surface area contributed by atoms with Gasteiger partial charge in [0.2, 0.25) is 0 Å². The van der Waals surface area contributed by atoms with Crippen LogP contribution in [0.1, 0.15) is 0 Å². The Labute approximate surface area is 180 Å². The summed E-state index contributed by atoms with van der Waals surface area (Å²) in [6.45, 7) is 0. The molecule has 0 saturated heterocycles. The first-order valence-corrected chi connectivity index (χ1v) is 11.1. The number of halogens is 1. The molecule has 2 heterocycles. The van der Waals surface area contributed by atoms with Crippen molar-refractivity contribution >= 4 is 59.3 Å². The van der Waals surface area contributed by atoms with Crippen LogP contribution in [-0.2, 0) is 0 Å². The Bertz CT molecular complexity index is 1470. The summed E-state index contributed by atoms with van der Waals surface area (Å²) in [5.41, 5.74) is 5.37. The van der Waals surface area contributed by atoms with Gasteiger partial charge in [-0.3, -0.25) is 0 Å². The van der Waals surface area contributed by atoms with Crippen molar-refractivity contribution in [2.75, 3.05) is 0 Å². The Kier molecular flexibility index (Phi) is 3.86. The predicted molar refractivity (Wildman–Crippen MR) is 128 cm³/mol. The van der Waals surface area contributed by atoms with Crippen LogP contribution in [-0.4, -0.2) is 0 Å². The van der Waals surface area contributed by atoms with E-state index in [2.05, 4.69) is 101 Å². The fraction of sp³-hybridized carbons (Fsp3) is 0. The molecule has 2 aromatic heterocycles. The summed E-state index contributed by atoms with van der Waals surface area (Å²) in [4.78, 5) is 1.27. The minimum absolute atomic E-state index is 0.925. The van der Waals surface area contributed by atoms with Crippen LogP contribution in [0.25, 0.3) is 53.6 Å². The van der Waals surface area contributed by atoms with Gasteiger partial charge in [-0.2, -0.15) is 0 Å². The number of rotatable bonds is 2. The first kappa shape index (κ1) is 17.0. The third kappa shape index (κ3) is 2.73. The summed E-state index contributed by atoms with van der Waals surface area (Å²) in [6, 6.07) is 32.0. The van der Waals surface area contributed by atoms with Gasteiger partial charge in [-0.05, 0) is 47.3 Å². The molecule has 0 atom stereocenters. The maximum Gasteiger partial charge on any atom is 0.143 e. The molecule has 0 N–H and O–H groups in total.